The third kappa shape index (κ3) is 6.06. The van der Waals surface area contributed by atoms with Gasteiger partial charge < -0.3 is 14.6 Å². The Morgan fingerprint density at radius 1 is 1.11 bits per heavy atom. The third-order valence-corrected chi connectivity index (χ3v) is 9.18. The SMILES string of the molecule is CN(c1ccc2c(c1)nc(C(C)(C)C)n2CC1CCOCC1)S(=O)(=O)N1CCC(NCC(C)(C)C)C1. The maximum absolute atomic E-state index is 13.5. The van der Waals surface area contributed by atoms with Crippen molar-refractivity contribution in [1.82, 2.24) is 19.2 Å². The van der Waals surface area contributed by atoms with E-state index in [0.29, 0.717) is 24.7 Å². The molecule has 1 aromatic carbocycles. The lowest BCUT2D eigenvalue weighted by Crippen LogP contribution is -2.43. The van der Waals surface area contributed by atoms with E-state index < -0.39 is 10.2 Å². The van der Waals surface area contributed by atoms with Gasteiger partial charge in [0.2, 0.25) is 0 Å². The normalized spacial score (nSPS) is 20.9. The Hall–Kier alpha value is -1.68. The number of imidazole rings is 1. The molecule has 1 atom stereocenters. The van der Waals surface area contributed by atoms with Crippen LogP contribution in [0.1, 0.15) is 66.6 Å². The molecule has 2 aliphatic heterocycles. The van der Waals surface area contributed by atoms with Gasteiger partial charge in [-0.2, -0.15) is 12.7 Å². The van der Waals surface area contributed by atoms with E-state index in [2.05, 4.69) is 51.4 Å². The minimum Gasteiger partial charge on any atom is -0.381 e. The summed E-state index contributed by atoms with van der Waals surface area (Å²) in [6.07, 6.45) is 2.95. The Morgan fingerprint density at radius 2 is 1.81 bits per heavy atom. The number of nitrogens with zero attached hydrogens (tertiary/aromatic N) is 4. The van der Waals surface area contributed by atoms with Gasteiger partial charge in [-0.1, -0.05) is 41.5 Å². The van der Waals surface area contributed by atoms with Gasteiger partial charge in [-0.3, -0.25) is 4.31 Å². The summed E-state index contributed by atoms with van der Waals surface area (Å²) in [6, 6.07) is 6.06. The Balaban J connectivity index is 1.56. The van der Waals surface area contributed by atoms with Gasteiger partial charge in [-0.05, 0) is 48.8 Å². The van der Waals surface area contributed by atoms with E-state index >= 15 is 0 Å². The molecule has 9 heteroatoms. The van der Waals surface area contributed by atoms with Crippen molar-refractivity contribution in [2.24, 2.45) is 11.3 Å². The molecule has 1 unspecified atom stereocenters. The smallest absolute Gasteiger partial charge is 0.303 e. The minimum atomic E-state index is -3.62. The molecule has 1 aromatic heterocycles. The predicted octanol–water partition coefficient (Wildman–Crippen LogP) is 4.15. The van der Waals surface area contributed by atoms with Crippen molar-refractivity contribution < 1.29 is 13.2 Å². The molecule has 0 bridgehead atoms. The molecule has 36 heavy (non-hydrogen) atoms. The minimum absolute atomic E-state index is 0.118. The lowest BCUT2D eigenvalue weighted by Gasteiger charge is -2.27. The lowest BCUT2D eigenvalue weighted by atomic mass is 9.94. The van der Waals surface area contributed by atoms with Crippen LogP contribution >= 0.6 is 0 Å². The van der Waals surface area contributed by atoms with Crippen LogP contribution in [0.25, 0.3) is 11.0 Å². The Kier molecular flexibility index (Phi) is 7.78. The van der Waals surface area contributed by atoms with Crippen LogP contribution in [0.15, 0.2) is 18.2 Å². The number of hydrogen-bond donors (Lipinski definition) is 1. The van der Waals surface area contributed by atoms with E-state index in [1.54, 1.807) is 11.4 Å². The molecule has 2 saturated heterocycles. The highest BCUT2D eigenvalue weighted by Gasteiger charge is 2.35. The molecule has 2 aromatic rings. The maximum atomic E-state index is 13.5. The molecule has 8 nitrogen and oxygen atoms in total. The highest BCUT2D eigenvalue weighted by Crippen LogP contribution is 2.32. The largest absolute Gasteiger partial charge is 0.381 e. The van der Waals surface area contributed by atoms with E-state index in [1.807, 2.05) is 18.2 Å². The molecule has 2 fully saturated rings. The zero-order valence-corrected chi connectivity index (χ0v) is 24.0. The number of aromatic nitrogens is 2. The van der Waals surface area contributed by atoms with E-state index in [0.717, 1.165) is 62.4 Å². The van der Waals surface area contributed by atoms with Crippen molar-refractivity contribution in [3.63, 3.8) is 0 Å². The number of anilines is 1. The molecular weight excluding hydrogens is 474 g/mol. The average molecular weight is 520 g/mol. The zero-order chi connectivity index (χ0) is 26.3. The number of ether oxygens (including phenoxy) is 1. The van der Waals surface area contributed by atoms with Crippen LogP contribution < -0.4 is 9.62 Å². The summed E-state index contributed by atoms with van der Waals surface area (Å²) in [7, 11) is -1.97. The molecule has 0 radical (unpaired) electrons. The number of hydrogen-bond acceptors (Lipinski definition) is 5. The quantitative estimate of drug-likeness (QED) is 0.595. The number of nitrogens with one attached hydrogen (secondary N) is 1. The maximum Gasteiger partial charge on any atom is 0.303 e. The van der Waals surface area contributed by atoms with Crippen molar-refractivity contribution in [3.05, 3.63) is 24.0 Å². The van der Waals surface area contributed by atoms with E-state index in [4.69, 9.17) is 9.72 Å². The van der Waals surface area contributed by atoms with Crippen LogP contribution in [0, 0.1) is 11.3 Å². The van der Waals surface area contributed by atoms with Gasteiger partial charge in [0.1, 0.15) is 5.82 Å². The topological polar surface area (TPSA) is 79.7 Å². The first-order chi connectivity index (χ1) is 16.8. The fourth-order valence-electron chi connectivity index (χ4n) is 5.12. The van der Waals surface area contributed by atoms with Crippen molar-refractivity contribution in [2.45, 2.75) is 78.8 Å². The molecule has 4 rings (SSSR count). The van der Waals surface area contributed by atoms with Crippen LogP contribution in [-0.2, 0) is 26.9 Å². The monoisotopic (exact) mass is 519 g/mol. The lowest BCUT2D eigenvalue weighted by molar-refractivity contribution is 0.0611. The van der Waals surface area contributed by atoms with Crippen LogP contribution in [0.2, 0.25) is 0 Å². The standard InChI is InChI=1S/C27H45N5O3S/c1-26(2,3)19-28-21-10-13-31(18-21)36(33,34)30(7)22-8-9-24-23(16-22)29-25(27(4,5)6)32(24)17-20-11-14-35-15-12-20/h8-9,16,20-21,28H,10-15,17-19H2,1-7H3. The second-order valence-corrected chi connectivity index (χ2v) is 14.7. The summed E-state index contributed by atoms with van der Waals surface area (Å²) in [5.74, 6) is 1.61. The highest BCUT2D eigenvalue weighted by molar-refractivity contribution is 7.90. The fraction of sp³-hybridized carbons (Fsp3) is 0.741. The van der Waals surface area contributed by atoms with Gasteiger partial charge in [0.25, 0.3) is 0 Å². The summed E-state index contributed by atoms with van der Waals surface area (Å²) in [5, 5.41) is 3.54. The average Bonchev–Trinajstić information content (AvgIpc) is 3.42. The third-order valence-electron chi connectivity index (χ3n) is 7.29. The summed E-state index contributed by atoms with van der Waals surface area (Å²) in [4.78, 5) is 5.02. The molecule has 1 N–H and O–H groups in total. The van der Waals surface area contributed by atoms with Gasteiger partial charge in [-0.15, -0.1) is 0 Å². The van der Waals surface area contributed by atoms with Crippen molar-refractivity contribution in [3.8, 4) is 0 Å². The summed E-state index contributed by atoms with van der Waals surface area (Å²) >= 11 is 0. The molecule has 0 amide bonds. The molecule has 0 aliphatic carbocycles. The number of fused-ring (bicyclic) bond motifs is 1. The number of rotatable bonds is 7. The first-order valence-electron chi connectivity index (χ1n) is 13.3. The second kappa shape index (κ2) is 10.2. The van der Waals surface area contributed by atoms with Crippen molar-refractivity contribution in [1.29, 1.82) is 0 Å². The van der Waals surface area contributed by atoms with Crippen molar-refractivity contribution in [2.75, 3.05) is 44.2 Å². The van der Waals surface area contributed by atoms with Crippen LogP contribution in [-0.4, -0.2) is 68.2 Å². The van der Waals surface area contributed by atoms with E-state index in [-0.39, 0.29) is 16.9 Å². The van der Waals surface area contributed by atoms with E-state index in [9.17, 15) is 8.42 Å². The Labute approximate surface area is 217 Å². The molecule has 2 aliphatic rings. The summed E-state index contributed by atoms with van der Waals surface area (Å²) in [5.41, 5.74) is 2.60. The fourth-order valence-corrected chi connectivity index (χ4v) is 6.55. The Morgan fingerprint density at radius 3 is 2.44 bits per heavy atom. The van der Waals surface area contributed by atoms with Crippen LogP contribution in [0.3, 0.4) is 0 Å². The molecule has 202 valence electrons. The zero-order valence-electron chi connectivity index (χ0n) is 23.2. The molecule has 3 heterocycles. The van der Waals surface area contributed by atoms with Gasteiger partial charge in [0, 0.05) is 57.9 Å². The Bertz CT molecular complexity index is 1160. The van der Waals surface area contributed by atoms with E-state index in [1.165, 1.54) is 4.31 Å². The van der Waals surface area contributed by atoms with Crippen LogP contribution in [0.4, 0.5) is 5.69 Å². The van der Waals surface area contributed by atoms with Gasteiger partial charge >= 0.3 is 10.2 Å². The molecular formula is C27H45N5O3S. The summed E-state index contributed by atoms with van der Waals surface area (Å²) < 4.78 is 37.9. The second-order valence-electron chi connectivity index (χ2n) is 12.8. The molecule has 0 saturated carbocycles. The first-order valence-corrected chi connectivity index (χ1v) is 14.7. The van der Waals surface area contributed by atoms with Crippen LogP contribution in [0.5, 0.6) is 0 Å². The van der Waals surface area contributed by atoms with Crippen molar-refractivity contribution >= 4 is 26.9 Å². The highest BCUT2D eigenvalue weighted by atomic mass is 32.2. The first kappa shape index (κ1) is 27.4. The van der Waals surface area contributed by atoms with Gasteiger partial charge in [0.15, 0.2) is 0 Å². The number of benzene rings is 1. The van der Waals surface area contributed by atoms with Gasteiger partial charge in [-0.25, -0.2) is 4.98 Å². The molecule has 0 spiro atoms. The van der Waals surface area contributed by atoms with Gasteiger partial charge in [0.05, 0.1) is 16.7 Å². The summed E-state index contributed by atoms with van der Waals surface area (Å²) in [6.45, 7) is 17.5. The predicted molar refractivity (Wildman–Crippen MR) is 147 cm³/mol.